The number of Topliss-reactive ketones (excluding diaryl/α,β-unsaturated/α-hetero) is 1. The molecule has 1 saturated carbocycles. The van der Waals surface area contributed by atoms with Crippen LogP contribution in [0.25, 0.3) is 0 Å². The molecule has 17 heavy (non-hydrogen) atoms. The molecule has 1 unspecified atom stereocenters. The summed E-state index contributed by atoms with van der Waals surface area (Å²) in [6, 6.07) is 9.03. The zero-order valence-electron chi connectivity index (χ0n) is 10.1. The van der Waals surface area contributed by atoms with Crippen LogP contribution in [0, 0.1) is 5.92 Å². The Morgan fingerprint density at radius 3 is 2.47 bits per heavy atom. The van der Waals surface area contributed by atoms with Crippen LogP contribution in [0.5, 0.6) is 0 Å². The quantitative estimate of drug-likeness (QED) is 0.714. The van der Waals surface area contributed by atoms with E-state index < -0.39 is 6.17 Å². The van der Waals surface area contributed by atoms with E-state index in [-0.39, 0.29) is 18.1 Å². The maximum Gasteiger partial charge on any atom is 0.165 e. The molecule has 0 heterocycles. The summed E-state index contributed by atoms with van der Waals surface area (Å²) in [5.74, 6) is 0.0417. The maximum atomic E-state index is 14.0. The Labute approximate surface area is 102 Å². The van der Waals surface area contributed by atoms with Gasteiger partial charge in [0.25, 0.3) is 0 Å². The predicted octanol–water partition coefficient (Wildman–Crippen LogP) is 4.18. The second-order valence-corrected chi connectivity index (χ2v) is 4.91. The molecule has 0 spiro atoms. The average molecular weight is 234 g/mol. The first-order valence-electron chi connectivity index (χ1n) is 6.49. The minimum Gasteiger partial charge on any atom is -0.294 e. The molecule has 1 aliphatic carbocycles. The summed E-state index contributed by atoms with van der Waals surface area (Å²) in [5.41, 5.74) is 0.631. The van der Waals surface area contributed by atoms with Gasteiger partial charge in [-0.05, 0) is 18.8 Å². The molecule has 1 aliphatic rings. The van der Waals surface area contributed by atoms with Crippen LogP contribution in [0.1, 0.15) is 48.9 Å². The van der Waals surface area contributed by atoms with E-state index in [1.54, 1.807) is 12.1 Å². The average Bonchev–Trinajstić information content (AvgIpc) is 2.40. The lowest BCUT2D eigenvalue weighted by atomic mass is 9.84. The molecule has 2 heteroatoms. The number of ketones is 1. The van der Waals surface area contributed by atoms with Crippen LogP contribution < -0.4 is 0 Å². The molecular weight excluding hydrogens is 215 g/mol. The summed E-state index contributed by atoms with van der Waals surface area (Å²) in [6.07, 6.45) is 4.44. The summed E-state index contributed by atoms with van der Waals surface area (Å²) >= 11 is 0. The molecule has 0 aliphatic heterocycles. The van der Waals surface area contributed by atoms with E-state index in [0.29, 0.717) is 5.56 Å². The van der Waals surface area contributed by atoms with Gasteiger partial charge in [-0.15, -0.1) is 0 Å². The van der Waals surface area contributed by atoms with Crippen LogP contribution in [0.4, 0.5) is 4.39 Å². The van der Waals surface area contributed by atoms with Crippen LogP contribution in [-0.2, 0) is 0 Å². The molecule has 0 saturated heterocycles. The second kappa shape index (κ2) is 5.95. The number of halogens is 1. The van der Waals surface area contributed by atoms with Gasteiger partial charge >= 0.3 is 0 Å². The van der Waals surface area contributed by atoms with Gasteiger partial charge in [0.15, 0.2) is 5.78 Å². The highest BCUT2D eigenvalue weighted by Crippen LogP contribution is 2.30. The van der Waals surface area contributed by atoms with Crippen molar-refractivity contribution in [3.8, 4) is 0 Å². The highest BCUT2D eigenvalue weighted by Gasteiger charge is 2.25. The monoisotopic (exact) mass is 234 g/mol. The van der Waals surface area contributed by atoms with Gasteiger partial charge in [0.2, 0.25) is 0 Å². The number of carbonyl (C=O) groups is 1. The zero-order valence-corrected chi connectivity index (χ0v) is 10.1. The third-order valence-corrected chi connectivity index (χ3v) is 3.64. The van der Waals surface area contributed by atoms with Gasteiger partial charge in [-0.25, -0.2) is 4.39 Å². The van der Waals surface area contributed by atoms with E-state index in [9.17, 15) is 9.18 Å². The number of rotatable bonds is 4. The van der Waals surface area contributed by atoms with Crippen LogP contribution >= 0.6 is 0 Å². The number of hydrogen-bond acceptors (Lipinski definition) is 1. The highest BCUT2D eigenvalue weighted by atomic mass is 19.1. The van der Waals surface area contributed by atoms with Gasteiger partial charge in [-0.2, -0.15) is 0 Å². The van der Waals surface area contributed by atoms with Crippen LogP contribution in [0.2, 0.25) is 0 Å². The lowest BCUT2D eigenvalue weighted by Crippen LogP contribution is -2.22. The van der Waals surface area contributed by atoms with E-state index in [1.165, 1.54) is 6.42 Å². The smallest absolute Gasteiger partial charge is 0.165 e. The summed E-state index contributed by atoms with van der Waals surface area (Å²) in [5, 5.41) is 0. The highest BCUT2D eigenvalue weighted by molar-refractivity contribution is 5.96. The van der Waals surface area contributed by atoms with Gasteiger partial charge in [-0.3, -0.25) is 4.79 Å². The first-order valence-corrected chi connectivity index (χ1v) is 6.49. The van der Waals surface area contributed by atoms with Gasteiger partial charge in [0.1, 0.15) is 6.17 Å². The topological polar surface area (TPSA) is 17.1 Å². The normalized spacial score (nSPS) is 18.9. The number of hydrogen-bond donors (Lipinski definition) is 0. The fourth-order valence-corrected chi connectivity index (χ4v) is 2.58. The van der Waals surface area contributed by atoms with Gasteiger partial charge in [-0.1, -0.05) is 49.6 Å². The van der Waals surface area contributed by atoms with Gasteiger partial charge in [0, 0.05) is 12.0 Å². The summed E-state index contributed by atoms with van der Waals surface area (Å²) in [6.45, 7) is 0. The van der Waals surface area contributed by atoms with Crippen molar-refractivity contribution in [1.29, 1.82) is 0 Å². The molecule has 92 valence electrons. The lowest BCUT2D eigenvalue weighted by molar-refractivity contribution is 0.0893. The molecule has 1 aromatic carbocycles. The molecule has 0 amide bonds. The molecule has 1 aromatic rings. The van der Waals surface area contributed by atoms with Gasteiger partial charge < -0.3 is 0 Å². The van der Waals surface area contributed by atoms with Crippen molar-refractivity contribution < 1.29 is 9.18 Å². The number of benzene rings is 1. The lowest BCUT2D eigenvalue weighted by Gasteiger charge is -2.24. The summed E-state index contributed by atoms with van der Waals surface area (Å²) in [4.78, 5) is 11.9. The standard InChI is InChI=1S/C15H19FO/c16-14(12-7-3-1-4-8-12)11-15(17)13-9-5-2-6-10-13/h2,5-6,9-10,12,14H,1,3-4,7-8,11H2. The molecule has 0 bridgehead atoms. The minimum absolute atomic E-state index is 0.0503. The van der Waals surface area contributed by atoms with E-state index in [2.05, 4.69) is 0 Å². The Kier molecular flexibility index (Phi) is 4.29. The second-order valence-electron chi connectivity index (χ2n) is 4.91. The molecule has 0 aromatic heterocycles. The third kappa shape index (κ3) is 3.39. The molecule has 1 fully saturated rings. The van der Waals surface area contributed by atoms with Crippen molar-refractivity contribution in [3.63, 3.8) is 0 Å². The van der Waals surface area contributed by atoms with Gasteiger partial charge in [0.05, 0.1) is 0 Å². The van der Waals surface area contributed by atoms with E-state index >= 15 is 0 Å². The van der Waals surface area contributed by atoms with E-state index in [4.69, 9.17) is 0 Å². The van der Waals surface area contributed by atoms with Crippen molar-refractivity contribution in [1.82, 2.24) is 0 Å². The maximum absolute atomic E-state index is 14.0. The Hall–Kier alpha value is -1.18. The van der Waals surface area contributed by atoms with Crippen molar-refractivity contribution in [2.75, 3.05) is 0 Å². The number of alkyl halides is 1. The Bertz CT molecular complexity index is 354. The Morgan fingerprint density at radius 1 is 1.18 bits per heavy atom. The number of carbonyl (C=O) groups excluding carboxylic acids is 1. The predicted molar refractivity (Wildman–Crippen MR) is 66.9 cm³/mol. The minimum atomic E-state index is -0.956. The third-order valence-electron chi connectivity index (χ3n) is 3.64. The largest absolute Gasteiger partial charge is 0.294 e. The molecule has 0 N–H and O–H groups in total. The van der Waals surface area contributed by atoms with Crippen LogP contribution in [0.15, 0.2) is 30.3 Å². The van der Waals surface area contributed by atoms with E-state index in [0.717, 1.165) is 25.7 Å². The first-order chi connectivity index (χ1) is 8.27. The zero-order chi connectivity index (χ0) is 12.1. The van der Waals surface area contributed by atoms with Crippen LogP contribution in [-0.4, -0.2) is 12.0 Å². The molecule has 1 atom stereocenters. The SMILES string of the molecule is O=C(CC(F)C1CCCCC1)c1ccccc1. The van der Waals surface area contributed by atoms with Crippen molar-refractivity contribution in [2.24, 2.45) is 5.92 Å². The van der Waals surface area contributed by atoms with Crippen molar-refractivity contribution >= 4 is 5.78 Å². The van der Waals surface area contributed by atoms with Crippen molar-refractivity contribution in [3.05, 3.63) is 35.9 Å². The van der Waals surface area contributed by atoms with Crippen molar-refractivity contribution in [2.45, 2.75) is 44.7 Å². The molecular formula is C15H19FO. The molecule has 2 rings (SSSR count). The molecule has 1 nitrogen and oxygen atoms in total. The fraction of sp³-hybridized carbons (Fsp3) is 0.533. The van der Waals surface area contributed by atoms with Crippen LogP contribution in [0.3, 0.4) is 0 Å². The molecule has 0 radical (unpaired) electrons. The summed E-state index contributed by atoms with van der Waals surface area (Å²) < 4.78 is 14.0. The first kappa shape index (κ1) is 12.3. The fourth-order valence-electron chi connectivity index (χ4n) is 2.58. The Balaban J connectivity index is 1.89. The van der Waals surface area contributed by atoms with E-state index in [1.807, 2.05) is 18.2 Å². The summed E-state index contributed by atoms with van der Waals surface area (Å²) in [7, 11) is 0. The Morgan fingerprint density at radius 2 is 1.82 bits per heavy atom.